The predicted octanol–water partition coefficient (Wildman–Crippen LogP) is 2.25. The zero-order valence-electron chi connectivity index (χ0n) is 15.8. The third-order valence-corrected chi connectivity index (χ3v) is 8.76. The highest BCUT2D eigenvalue weighted by molar-refractivity contribution is 6.01. The minimum Gasteiger partial charge on any atom is -0.393 e. The smallest absolute Gasteiger partial charge is 0.178 e. The molecule has 0 aromatic rings. The summed E-state index contributed by atoms with van der Waals surface area (Å²) in [5.41, 5.74) is -0.521. The number of halogens is 1. The number of aliphatic hydroxyl groups excluding tert-OH is 2. The molecular formula is C22H27FO4. The first kappa shape index (κ1) is 17.7. The van der Waals surface area contributed by atoms with Crippen molar-refractivity contribution in [2.75, 3.05) is 6.61 Å². The van der Waals surface area contributed by atoms with E-state index in [1.54, 1.807) is 6.08 Å². The fourth-order valence-electron chi connectivity index (χ4n) is 8.02. The molecule has 0 unspecified atom stereocenters. The second kappa shape index (κ2) is 5.38. The monoisotopic (exact) mass is 374 g/mol. The lowest BCUT2D eigenvalue weighted by Crippen LogP contribution is -2.59. The number of Topliss-reactive ketones (excluding diaryl/α,β-unsaturated/α-hetero) is 1. The third-order valence-electron chi connectivity index (χ3n) is 8.76. The molecule has 0 bridgehead atoms. The highest BCUT2D eigenvalue weighted by atomic mass is 19.1. The van der Waals surface area contributed by atoms with E-state index in [-0.39, 0.29) is 46.6 Å². The van der Waals surface area contributed by atoms with Gasteiger partial charge in [-0.1, -0.05) is 19.9 Å². The number of hydrogen-bond acceptors (Lipinski definition) is 4. The molecule has 4 nitrogen and oxygen atoms in total. The summed E-state index contributed by atoms with van der Waals surface area (Å²) >= 11 is 0. The van der Waals surface area contributed by atoms with E-state index in [0.29, 0.717) is 24.3 Å². The number of alkyl halides is 1. The first-order chi connectivity index (χ1) is 12.7. The Morgan fingerprint density at radius 3 is 2.67 bits per heavy atom. The fourth-order valence-corrected chi connectivity index (χ4v) is 8.02. The Kier molecular flexibility index (Phi) is 3.54. The van der Waals surface area contributed by atoms with Crippen LogP contribution in [0.15, 0.2) is 23.8 Å². The van der Waals surface area contributed by atoms with Crippen molar-refractivity contribution in [1.82, 2.24) is 0 Å². The van der Waals surface area contributed by atoms with E-state index < -0.39 is 24.3 Å². The summed E-state index contributed by atoms with van der Waals surface area (Å²) in [7, 11) is 0. The zero-order valence-corrected chi connectivity index (χ0v) is 15.8. The maximum Gasteiger partial charge on any atom is 0.178 e. The molecule has 4 saturated carbocycles. The number of rotatable bonds is 2. The Bertz CT molecular complexity index is 787. The maximum atomic E-state index is 15.2. The molecule has 0 aromatic heterocycles. The second-order valence-corrected chi connectivity index (χ2v) is 9.98. The molecule has 27 heavy (non-hydrogen) atoms. The zero-order chi connectivity index (χ0) is 19.3. The van der Waals surface area contributed by atoms with Crippen LogP contribution in [0.2, 0.25) is 0 Å². The van der Waals surface area contributed by atoms with Crippen molar-refractivity contribution in [2.45, 2.75) is 45.4 Å². The highest BCUT2D eigenvalue weighted by Crippen LogP contribution is 2.75. The summed E-state index contributed by atoms with van der Waals surface area (Å²) in [6.07, 6.45) is 4.68. The van der Waals surface area contributed by atoms with E-state index >= 15 is 4.39 Å². The average Bonchev–Trinajstić information content (AvgIpc) is 3.29. The number of hydrogen-bond donors (Lipinski definition) is 2. The van der Waals surface area contributed by atoms with E-state index in [9.17, 15) is 19.8 Å². The van der Waals surface area contributed by atoms with Crippen molar-refractivity contribution in [3.05, 3.63) is 23.8 Å². The molecule has 0 amide bonds. The molecule has 0 aromatic carbocycles. The van der Waals surface area contributed by atoms with Crippen LogP contribution in [0.5, 0.6) is 0 Å². The van der Waals surface area contributed by atoms with Crippen molar-refractivity contribution < 1.29 is 24.2 Å². The summed E-state index contributed by atoms with van der Waals surface area (Å²) in [6.45, 7) is 3.57. The van der Waals surface area contributed by atoms with Crippen molar-refractivity contribution >= 4 is 11.6 Å². The molecule has 146 valence electrons. The summed E-state index contributed by atoms with van der Waals surface area (Å²) in [4.78, 5) is 24.3. The summed E-state index contributed by atoms with van der Waals surface area (Å²) < 4.78 is 15.2. The van der Waals surface area contributed by atoms with Gasteiger partial charge in [0.05, 0.1) is 6.10 Å². The van der Waals surface area contributed by atoms with Gasteiger partial charge in [-0.15, -0.1) is 0 Å². The number of aliphatic hydroxyl groups is 2. The van der Waals surface area contributed by atoms with Gasteiger partial charge < -0.3 is 10.2 Å². The molecule has 5 aliphatic carbocycles. The lowest BCUT2D eigenvalue weighted by atomic mass is 9.45. The van der Waals surface area contributed by atoms with Crippen molar-refractivity contribution in [2.24, 2.45) is 46.3 Å². The van der Waals surface area contributed by atoms with Crippen molar-refractivity contribution in [1.29, 1.82) is 0 Å². The van der Waals surface area contributed by atoms with Gasteiger partial charge in [-0.2, -0.15) is 0 Å². The van der Waals surface area contributed by atoms with Crippen molar-refractivity contribution in [3.63, 3.8) is 0 Å². The summed E-state index contributed by atoms with van der Waals surface area (Å²) in [5, 5.41) is 20.7. The Labute approximate surface area is 158 Å². The topological polar surface area (TPSA) is 74.6 Å². The molecule has 5 aliphatic rings. The van der Waals surface area contributed by atoms with Gasteiger partial charge in [-0.3, -0.25) is 9.59 Å². The van der Waals surface area contributed by atoms with Gasteiger partial charge >= 0.3 is 0 Å². The lowest BCUT2D eigenvalue weighted by molar-refractivity contribution is -0.149. The number of carbonyl (C=O) groups is 2. The molecule has 10 atom stereocenters. The number of fused-ring (bicyclic) bond motifs is 7. The van der Waals surface area contributed by atoms with E-state index in [0.717, 1.165) is 6.42 Å². The normalized spacial score (nSPS) is 55.1. The largest absolute Gasteiger partial charge is 0.393 e. The van der Waals surface area contributed by atoms with E-state index in [1.165, 1.54) is 12.2 Å². The molecule has 0 heterocycles. The molecule has 0 saturated heterocycles. The maximum absolute atomic E-state index is 15.2. The summed E-state index contributed by atoms with van der Waals surface area (Å²) in [6, 6.07) is 0. The van der Waals surface area contributed by atoms with Gasteiger partial charge in [-0.05, 0) is 66.1 Å². The number of carbonyl (C=O) groups excluding carboxylic acids is 2. The van der Waals surface area contributed by atoms with Gasteiger partial charge in [0.15, 0.2) is 11.6 Å². The quantitative estimate of drug-likeness (QED) is 0.777. The van der Waals surface area contributed by atoms with Gasteiger partial charge in [0.2, 0.25) is 0 Å². The first-order valence-electron chi connectivity index (χ1n) is 10.1. The first-order valence-corrected chi connectivity index (χ1v) is 10.1. The van der Waals surface area contributed by atoms with Gasteiger partial charge in [0, 0.05) is 17.3 Å². The van der Waals surface area contributed by atoms with Crippen LogP contribution in [0.4, 0.5) is 4.39 Å². The predicted molar refractivity (Wildman–Crippen MR) is 96.2 cm³/mol. The van der Waals surface area contributed by atoms with Crippen LogP contribution in [0.3, 0.4) is 0 Å². The number of ketones is 2. The number of allylic oxidation sites excluding steroid dienone is 4. The van der Waals surface area contributed by atoms with E-state index in [4.69, 9.17) is 0 Å². The van der Waals surface area contributed by atoms with E-state index in [2.05, 4.69) is 6.92 Å². The van der Waals surface area contributed by atoms with Crippen LogP contribution in [-0.2, 0) is 9.59 Å². The lowest BCUT2D eigenvalue weighted by Gasteiger charge is -2.60. The fraction of sp³-hybridized carbons (Fsp3) is 0.727. The molecule has 4 fully saturated rings. The summed E-state index contributed by atoms with van der Waals surface area (Å²) in [5.74, 6) is 0.181. The Morgan fingerprint density at radius 2 is 1.96 bits per heavy atom. The van der Waals surface area contributed by atoms with Gasteiger partial charge in [0.1, 0.15) is 12.8 Å². The van der Waals surface area contributed by atoms with Gasteiger partial charge in [0.25, 0.3) is 0 Å². The van der Waals surface area contributed by atoms with Crippen LogP contribution in [0, 0.1) is 46.3 Å². The minimum absolute atomic E-state index is 0.0137. The average molecular weight is 374 g/mol. The van der Waals surface area contributed by atoms with Crippen LogP contribution in [-0.4, -0.2) is 40.7 Å². The SMILES string of the molecule is C[C@]12C[C@H](O)[C@H]3[C@@H](C[C@H](F)C4=CC(=O)C=C[C@@]43C)[C@@H]1[C@H]1C[C@H]1[C@@H]2C(=O)CO. The Balaban J connectivity index is 1.59. The van der Waals surface area contributed by atoms with Gasteiger partial charge in [-0.25, -0.2) is 4.39 Å². The molecule has 0 aliphatic heterocycles. The molecule has 5 heteroatoms. The Hall–Kier alpha value is -1.33. The molecule has 0 radical (unpaired) electrons. The van der Waals surface area contributed by atoms with Crippen LogP contribution < -0.4 is 0 Å². The molecule has 0 spiro atoms. The molecular weight excluding hydrogens is 347 g/mol. The standard InChI is InChI=1S/C22H27FO4/c1-21-4-3-10(25)5-14(21)15(23)7-13-18-11-6-12(11)19(17(27)9-24)22(18,2)8-16(26)20(13)21/h3-5,11-13,15-16,18-20,24,26H,6-9H2,1-2H3/t11-,12+,13-,15-,16-,18-,19+,20+,21-,22-/m0/s1. The van der Waals surface area contributed by atoms with Crippen molar-refractivity contribution in [3.8, 4) is 0 Å². The van der Waals surface area contributed by atoms with E-state index in [1.807, 2.05) is 6.92 Å². The van der Waals surface area contributed by atoms with Crippen LogP contribution in [0.1, 0.15) is 33.1 Å². The van der Waals surface area contributed by atoms with Crippen LogP contribution in [0.25, 0.3) is 0 Å². The highest BCUT2D eigenvalue weighted by Gasteiger charge is 2.73. The minimum atomic E-state index is -1.19. The molecule has 5 rings (SSSR count). The Morgan fingerprint density at radius 1 is 1.22 bits per heavy atom. The second-order valence-electron chi connectivity index (χ2n) is 9.98. The third kappa shape index (κ3) is 2.10. The van der Waals surface area contributed by atoms with Crippen LogP contribution >= 0.6 is 0 Å². The molecule has 2 N–H and O–H groups in total.